The molecule has 10 heteroatoms. The topological polar surface area (TPSA) is 117 Å². The molecule has 9 nitrogen and oxygen atoms in total. The summed E-state index contributed by atoms with van der Waals surface area (Å²) in [7, 11) is 0. The highest BCUT2D eigenvalue weighted by atomic mass is 32.2. The number of nitrogens with one attached hydrogen (secondary N) is 2. The van der Waals surface area contributed by atoms with Crippen molar-refractivity contribution in [3.05, 3.63) is 35.9 Å². The van der Waals surface area contributed by atoms with Gasteiger partial charge in [-0.05, 0) is 32.1 Å². The Morgan fingerprint density at radius 3 is 2.39 bits per heavy atom. The van der Waals surface area contributed by atoms with E-state index in [1.54, 1.807) is 13.8 Å². The van der Waals surface area contributed by atoms with Gasteiger partial charge in [0.15, 0.2) is 11.6 Å². The summed E-state index contributed by atoms with van der Waals surface area (Å²) < 4.78 is 10.6. The Bertz CT molecular complexity index is 918. The van der Waals surface area contributed by atoms with Crippen LogP contribution in [-0.2, 0) is 35.1 Å². The third-order valence-corrected chi connectivity index (χ3v) is 7.27. The van der Waals surface area contributed by atoms with E-state index in [4.69, 9.17) is 9.47 Å². The van der Waals surface area contributed by atoms with E-state index in [-0.39, 0.29) is 36.3 Å². The van der Waals surface area contributed by atoms with Crippen LogP contribution in [0.25, 0.3) is 0 Å². The van der Waals surface area contributed by atoms with Crippen molar-refractivity contribution in [2.75, 3.05) is 51.5 Å². The Morgan fingerprint density at radius 1 is 1.11 bits per heavy atom. The second-order valence-corrected chi connectivity index (χ2v) is 10.5. The van der Waals surface area contributed by atoms with Crippen LogP contribution in [0, 0.1) is 5.92 Å². The van der Waals surface area contributed by atoms with Crippen molar-refractivity contribution in [3.63, 3.8) is 0 Å². The van der Waals surface area contributed by atoms with Gasteiger partial charge in [0, 0.05) is 25.3 Å². The Hall–Kier alpha value is -2.27. The number of thioether (sulfide) groups is 1. The summed E-state index contributed by atoms with van der Waals surface area (Å²) in [6.07, 6.45) is 2.19. The van der Waals surface area contributed by atoms with E-state index in [2.05, 4.69) is 10.6 Å². The number of rotatable bonds is 14. The van der Waals surface area contributed by atoms with Crippen LogP contribution in [0.2, 0.25) is 0 Å². The van der Waals surface area contributed by atoms with Gasteiger partial charge in [-0.25, -0.2) is 0 Å². The molecule has 1 aromatic rings. The molecule has 0 radical (unpaired) electrons. The normalized spacial score (nSPS) is 22.2. The average Bonchev–Trinajstić information content (AvgIpc) is 3.62. The van der Waals surface area contributed by atoms with Gasteiger partial charge in [0.25, 0.3) is 0 Å². The predicted octanol–water partition coefficient (Wildman–Crippen LogP) is 0.847. The lowest BCUT2D eigenvalue weighted by Gasteiger charge is -2.26. The molecular weight excluding hydrogens is 482 g/mol. The lowest BCUT2D eigenvalue weighted by molar-refractivity contribution is -0.134. The number of ether oxygens (including phenoxy) is 2. The third kappa shape index (κ3) is 8.40. The van der Waals surface area contributed by atoms with Crippen molar-refractivity contribution in [3.8, 4) is 0 Å². The molecule has 0 aliphatic carbocycles. The molecule has 0 aromatic heterocycles. The zero-order valence-electron chi connectivity index (χ0n) is 21.3. The summed E-state index contributed by atoms with van der Waals surface area (Å²) in [5, 5.41) is 5.65. The standard InChI is InChI=1S/C26H37N3O6S/c1-18(27-23(31)15-29-9-11-34-12-10-29)22(30)14-20(16-36-3)25(33)28-21(24(32)26(2)17-35-26)13-19-7-5-4-6-8-19/h4-8,18,20-21H,9-17H2,1-3H3,(H,27,31)(H,28,33)/t18-,20-,21-,26+/m0/s1. The highest BCUT2D eigenvalue weighted by Gasteiger charge is 2.50. The molecule has 0 spiro atoms. The quantitative estimate of drug-likeness (QED) is 0.348. The van der Waals surface area contributed by atoms with Gasteiger partial charge < -0.3 is 20.1 Å². The van der Waals surface area contributed by atoms with Crippen molar-refractivity contribution in [1.82, 2.24) is 15.5 Å². The molecule has 2 saturated heterocycles. The van der Waals surface area contributed by atoms with Crippen molar-refractivity contribution in [1.29, 1.82) is 0 Å². The number of epoxide rings is 1. The smallest absolute Gasteiger partial charge is 0.234 e. The zero-order valence-corrected chi connectivity index (χ0v) is 22.1. The number of Topliss-reactive ketones (excluding diaryl/α,β-unsaturated/α-hetero) is 2. The van der Waals surface area contributed by atoms with Gasteiger partial charge >= 0.3 is 0 Å². The van der Waals surface area contributed by atoms with Crippen LogP contribution in [0.4, 0.5) is 0 Å². The lowest BCUT2D eigenvalue weighted by atomic mass is 9.93. The summed E-state index contributed by atoms with van der Waals surface area (Å²) in [6.45, 7) is 6.45. The molecule has 198 valence electrons. The molecule has 3 rings (SSSR count). The van der Waals surface area contributed by atoms with Crippen LogP contribution in [0.1, 0.15) is 25.8 Å². The molecule has 0 saturated carbocycles. The minimum atomic E-state index is -0.878. The molecule has 2 aliphatic rings. The van der Waals surface area contributed by atoms with Gasteiger partial charge in [-0.15, -0.1) is 0 Å². The Kier molecular flexibility index (Phi) is 10.5. The maximum Gasteiger partial charge on any atom is 0.234 e. The molecule has 4 atom stereocenters. The minimum Gasteiger partial charge on any atom is -0.379 e. The molecule has 0 bridgehead atoms. The van der Waals surface area contributed by atoms with Gasteiger partial charge in [0.1, 0.15) is 5.60 Å². The van der Waals surface area contributed by atoms with Crippen molar-refractivity contribution >= 4 is 35.1 Å². The average molecular weight is 520 g/mol. The molecular formula is C26H37N3O6S. The largest absolute Gasteiger partial charge is 0.379 e. The molecule has 2 fully saturated rings. The lowest BCUT2D eigenvalue weighted by Crippen LogP contribution is -2.50. The fraction of sp³-hybridized carbons (Fsp3) is 0.615. The van der Waals surface area contributed by atoms with Gasteiger partial charge in [-0.2, -0.15) is 11.8 Å². The first-order valence-electron chi connectivity index (χ1n) is 12.4. The molecule has 2 N–H and O–H groups in total. The van der Waals surface area contributed by atoms with Crippen LogP contribution in [0.15, 0.2) is 30.3 Å². The van der Waals surface area contributed by atoms with Gasteiger partial charge in [-0.3, -0.25) is 24.1 Å². The van der Waals surface area contributed by atoms with Crippen LogP contribution < -0.4 is 10.6 Å². The number of hydrogen-bond donors (Lipinski definition) is 2. The van der Waals surface area contributed by atoms with E-state index in [9.17, 15) is 19.2 Å². The first kappa shape index (κ1) is 28.3. The Labute approximate surface area is 217 Å². The fourth-order valence-corrected chi connectivity index (χ4v) is 4.82. The second kappa shape index (κ2) is 13.3. The molecule has 2 amide bonds. The summed E-state index contributed by atoms with van der Waals surface area (Å²) >= 11 is 1.46. The maximum absolute atomic E-state index is 13.3. The first-order valence-corrected chi connectivity index (χ1v) is 13.7. The van der Waals surface area contributed by atoms with E-state index >= 15 is 0 Å². The number of morpholine rings is 1. The predicted molar refractivity (Wildman–Crippen MR) is 138 cm³/mol. The highest BCUT2D eigenvalue weighted by Crippen LogP contribution is 2.29. The van der Waals surface area contributed by atoms with Crippen molar-refractivity contribution in [2.24, 2.45) is 5.92 Å². The summed E-state index contributed by atoms with van der Waals surface area (Å²) in [6, 6.07) is 8.02. The Balaban J connectivity index is 1.58. The van der Waals surface area contributed by atoms with Crippen LogP contribution in [0.5, 0.6) is 0 Å². The van der Waals surface area contributed by atoms with E-state index in [0.29, 0.717) is 45.1 Å². The van der Waals surface area contributed by atoms with E-state index < -0.39 is 23.6 Å². The van der Waals surface area contributed by atoms with Gasteiger partial charge in [0.05, 0.1) is 44.4 Å². The summed E-state index contributed by atoms with van der Waals surface area (Å²) in [4.78, 5) is 53.6. The number of amides is 2. The van der Waals surface area contributed by atoms with Gasteiger partial charge in [0.2, 0.25) is 11.8 Å². The number of nitrogens with zero attached hydrogens (tertiary/aromatic N) is 1. The number of hydrogen-bond acceptors (Lipinski definition) is 8. The molecule has 36 heavy (non-hydrogen) atoms. The summed E-state index contributed by atoms with van der Waals surface area (Å²) in [5.74, 6) is -1.16. The third-order valence-electron chi connectivity index (χ3n) is 6.53. The van der Waals surface area contributed by atoms with Crippen LogP contribution >= 0.6 is 11.8 Å². The summed E-state index contributed by atoms with van der Waals surface area (Å²) in [5.41, 5.74) is 0.0473. The van der Waals surface area contributed by atoms with Crippen molar-refractivity contribution < 1.29 is 28.7 Å². The van der Waals surface area contributed by atoms with E-state index in [1.165, 1.54) is 11.8 Å². The number of ketones is 2. The van der Waals surface area contributed by atoms with Crippen LogP contribution in [0.3, 0.4) is 0 Å². The van der Waals surface area contributed by atoms with Crippen LogP contribution in [-0.4, -0.2) is 97.4 Å². The molecule has 2 aliphatic heterocycles. The van der Waals surface area contributed by atoms with Crippen molar-refractivity contribution in [2.45, 2.75) is 44.4 Å². The number of carbonyl (C=O) groups is 4. The first-order chi connectivity index (χ1) is 17.2. The van der Waals surface area contributed by atoms with Gasteiger partial charge in [-0.1, -0.05) is 30.3 Å². The Morgan fingerprint density at radius 2 is 1.78 bits per heavy atom. The fourth-order valence-electron chi connectivity index (χ4n) is 4.15. The van der Waals surface area contributed by atoms with E-state index in [1.807, 2.05) is 41.5 Å². The zero-order chi connectivity index (χ0) is 26.1. The monoisotopic (exact) mass is 519 g/mol. The molecule has 2 heterocycles. The SMILES string of the molecule is CSC[C@H](CC(=O)[C@H](C)NC(=O)CN1CCOCC1)C(=O)N[C@@H](Cc1ccccc1)C(=O)[C@@]1(C)CO1. The number of benzene rings is 1. The van der Waals surface area contributed by atoms with E-state index in [0.717, 1.165) is 5.56 Å². The second-order valence-electron chi connectivity index (χ2n) is 9.64. The molecule has 1 aromatic carbocycles. The highest BCUT2D eigenvalue weighted by molar-refractivity contribution is 7.98. The minimum absolute atomic E-state index is 0.0221. The number of carbonyl (C=O) groups excluding carboxylic acids is 4. The molecule has 0 unspecified atom stereocenters. The maximum atomic E-state index is 13.3.